The molecule has 1 aliphatic carbocycles. The first kappa shape index (κ1) is 13.5. The number of nitrogens with one attached hydrogen (secondary N) is 1. The van der Waals surface area contributed by atoms with Crippen LogP contribution in [0.1, 0.15) is 18.4 Å². The maximum Gasteiger partial charge on any atom is 0.240 e. The van der Waals surface area contributed by atoms with E-state index < -0.39 is 15.8 Å². The molecule has 0 heterocycles. The molecule has 0 spiro atoms. The summed E-state index contributed by atoms with van der Waals surface area (Å²) in [6.07, 6.45) is 1.26. The minimum absolute atomic E-state index is 0.0487. The normalized spacial score (nSPS) is 23.7. The fraction of sp³-hybridized carbons (Fsp3) is 0.500. The molecule has 1 aliphatic rings. The van der Waals surface area contributed by atoms with E-state index in [4.69, 9.17) is 5.11 Å². The first-order valence-corrected chi connectivity index (χ1v) is 7.29. The lowest BCUT2D eigenvalue weighted by molar-refractivity contribution is 0.137. The first-order valence-electron chi connectivity index (χ1n) is 5.81. The Labute approximate surface area is 106 Å². The zero-order valence-corrected chi connectivity index (χ0v) is 10.9. The molecule has 1 aromatic carbocycles. The van der Waals surface area contributed by atoms with Crippen LogP contribution in [0.4, 0.5) is 4.39 Å². The van der Waals surface area contributed by atoms with Crippen LogP contribution in [-0.2, 0) is 10.0 Å². The molecule has 0 amide bonds. The van der Waals surface area contributed by atoms with Crippen molar-refractivity contribution in [3.05, 3.63) is 29.6 Å². The highest BCUT2D eigenvalue weighted by Crippen LogP contribution is 2.28. The van der Waals surface area contributed by atoms with Gasteiger partial charge in [-0.2, -0.15) is 0 Å². The molecule has 1 aromatic rings. The predicted octanol–water partition coefficient (Wildman–Crippen LogP) is 1.18. The van der Waals surface area contributed by atoms with Crippen molar-refractivity contribution in [2.75, 3.05) is 6.61 Å². The largest absolute Gasteiger partial charge is 0.396 e. The summed E-state index contributed by atoms with van der Waals surface area (Å²) in [5, 5.41) is 8.87. The van der Waals surface area contributed by atoms with Gasteiger partial charge in [0.15, 0.2) is 0 Å². The second-order valence-electron chi connectivity index (χ2n) is 4.80. The van der Waals surface area contributed by atoms with Crippen LogP contribution < -0.4 is 4.72 Å². The molecule has 0 unspecified atom stereocenters. The second kappa shape index (κ2) is 4.95. The summed E-state index contributed by atoms with van der Waals surface area (Å²) < 4.78 is 39.7. The van der Waals surface area contributed by atoms with E-state index in [1.54, 1.807) is 6.92 Å². The average molecular weight is 273 g/mol. The van der Waals surface area contributed by atoms with E-state index >= 15 is 0 Å². The smallest absolute Gasteiger partial charge is 0.240 e. The third kappa shape index (κ3) is 2.88. The highest BCUT2D eigenvalue weighted by molar-refractivity contribution is 7.89. The molecule has 1 fully saturated rings. The lowest BCUT2D eigenvalue weighted by Crippen LogP contribution is -2.45. The minimum atomic E-state index is -3.67. The fourth-order valence-corrected chi connectivity index (χ4v) is 3.50. The number of aliphatic hydroxyl groups is 1. The summed E-state index contributed by atoms with van der Waals surface area (Å²) in [6, 6.07) is 3.57. The zero-order chi connectivity index (χ0) is 13.3. The Morgan fingerprint density at radius 2 is 2.06 bits per heavy atom. The van der Waals surface area contributed by atoms with Crippen LogP contribution in [0.3, 0.4) is 0 Å². The van der Waals surface area contributed by atoms with Crippen molar-refractivity contribution in [3.63, 3.8) is 0 Å². The molecular formula is C12H16FNO3S. The molecule has 4 nitrogen and oxygen atoms in total. The van der Waals surface area contributed by atoms with Gasteiger partial charge >= 0.3 is 0 Å². The summed E-state index contributed by atoms with van der Waals surface area (Å²) in [5.41, 5.74) is 0.567. The molecule has 0 bridgehead atoms. The van der Waals surface area contributed by atoms with Gasteiger partial charge in [-0.1, -0.05) is 0 Å². The van der Waals surface area contributed by atoms with Gasteiger partial charge in [-0.05, 0) is 49.4 Å². The van der Waals surface area contributed by atoms with Crippen molar-refractivity contribution in [1.29, 1.82) is 0 Å². The van der Waals surface area contributed by atoms with Gasteiger partial charge in [-0.15, -0.1) is 0 Å². The molecule has 0 aliphatic heterocycles. The van der Waals surface area contributed by atoms with Crippen molar-refractivity contribution in [1.82, 2.24) is 4.72 Å². The summed E-state index contributed by atoms with van der Waals surface area (Å²) in [7, 11) is -3.67. The van der Waals surface area contributed by atoms with Crippen LogP contribution in [-0.4, -0.2) is 26.2 Å². The average Bonchev–Trinajstić information content (AvgIpc) is 2.21. The monoisotopic (exact) mass is 273 g/mol. The number of hydrogen-bond donors (Lipinski definition) is 2. The van der Waals surface area contributed by atoms with E-state index in [1.165, 1.54) is 12.1 Å². The van der Waals surface area contributed by atoms with Gasteiger partial charge in [0, 0.05) is 12.6 Å². The van der Waals surface area contributed by atoms with Crippen molar-refractivity contribution in [3.8, 4) is 0 Å². The second-order valence-corrected chi connectivity index (χ2v) is 6.52. The number of hydrogen-bond acceptors (Lipinski definition) is 3. The van der Waals surface area contributed by atoms with Crippen LogP contribution in [0, 0.1) is 18.7 Å². The Hall–Kier alpha value is -0.980. The summed E-state index contributed by atoms with van der Waals surface area (Å²) >= 11 is 0. The quantitative estimate of drug-likeness (QED) is 0.866. The van der Waals surface area contributed by atoms with Crippen molar-refractivity contribution in [2.24, 2.45) is 5.92 Å². The predicted molar refractivity (Wildman–Crippen MR) is 65.1 cm³/mol. The third-order valence-corrected chi connectivity index (χ3v) is 4.64. The van der Waals surface area contributed by atoms with E-state index in [9.17, 15) is 12.8 Å². The Bertz CT molecular complexity index is 518. The highest BCUT2D eigenvalue weighted by atomic mass is 32.2. The fourth-order valence-electron chi connectivity index (χ4n) is 2.13. The van der Waals surface area contributed by atoms with Gasteiger partial charge in [0.05, 0.1) is 4.90 Å². The standard InChI is InChI=1S/C12H16FNO3S/c1-8-2-10(13)6-12(3-8)18(16,17)14-11-4-9(5-11)7-15/h2-3,6,9,11,14-15H,4-5,7H2,1H3. The number of benzene rings is 1. The topological polar surface area (TPSA) is 66.4 Å². The molecule has 18 heavy (non-hydrogen) atoms. The zero-order valence-electron chi connectivity index (χ0n) is 10.1. The van der Waals surface area contributed by atoms with Crippen LogP contribution in [0.25, 0.3) is 0 Å². The van der Waals surface area contributed by atoms with Gasteiger partial charge in [-0.25, -0.2) is 17.5 Å². The molecular weight excluding hydrogens is 257 g/mol. The molecule has 100 valence electrons. The highest BCUT2D eigenvalue weighted by Gasteiger charge is 2.32. The maximum atomic E-state index is 13.2. The van der Waals surface area contributed by atoms with Crippen LogP contribution in [0.15, 0.2) is 23.1 Å². The van der Waals surface area contributed by atoms with Gasteiger partial charge in [0.1, 0.15) is 5.82 Å². The van der Waals surface area contributed by atoms with E-state index in [2.05, 4.69) is 4.72 Å². The number of aliphatic hydroxyl groups excluding tert-OH is 1. The van der Waals surface area contributed by atoms with Crippen LogP contribution >= 0.6 is 0 Å². The molecule has 0 saturated heterocycles. The van der Waals surface area contributed by atoms with Gasteiger partial charge in [-0.3, -0.25) is 0 Å². The van der Waals surface area contributed by atoms with E-state index in [0.717, 1.165) is 6.07 Å². The molecule has 0 atom stereocenters. The lowest BCUT2D eigenvalue weighted by atomic mass is 9.82. The SMILES string of the molecule is Cc1cc(F)cc(S(=O)(=O)NC2CC(CO)C2)c1. The van der Waals surface area contributed by atoms with Gasteiger partial charge in [0.25, 0.3) is 0 Å². The Morgan fingerprint density at radius 3 is 2.61 bits per heavy atom. The van der Waals surface area contributed by atoms with Crippen molar-refractivity contribution in [2.45, 2.75) is 30.7 Å². The Balaban J connectivity index is 2.11. The molecule has 6 heteroatoms. The van der Waals surface area contributed by atoms with Crippen molar-refractivity contribution >= 4 is 10.0 Å². The van der Waals surface area contributed by atoms with Crippen LogP contribution in [0.2, 0.25) is 0 Å². The summed E-state index contributed by atoms with van der Waals surface area (Å²) in [6.45, 7) is 1.73. The van der Waals surface area contributed by atoms with Crippen LogP contribution in [0.5, 0.6) is 0 Å². The third-order valence-electron chi connectivity index (χ3n) is 3.14. The molecule has 2 N–H and O–H groups in total. The molecule has 1 saturated carbocycles. The Morgan fingerprint density at radius 1 is 1.39 bits per heavy atom. The molecule has 0 aromatic heterocycles. The number of rotatable bonds is 4. The maximum absolute atomic E-state index is 13.2. The number of halogens is 1. The molecule has 2 rings (SSSR count). The van der Waals surface area contributed by atoms with Gasteiger partial charge < -0.3 is 5.11 Å². The lowest BCUT2D eigenvalue weighted by Gasteiger charge is -2.34. The Kier molecular flexibility index (Phi) is 3.70. The van der Waals surface area contributed by atoms with E-state index in [0.29, 0.717) is 18.4 Å². The first-order chi connectivity index (χ1) is 8.40. The molecule has 0 radical (unpaired) electrons. The van der Waals surface area contributed by atoms with Crippen molar-refractivity contribution < 1.29 is 17.9 Å². The summed E-state index contributed by atoms with van der Waals surface area (Å²) in [4.78, 5) is -0.0487. The number of aryl methyl sites for hydroxylation is 1. The minimum Gasteiger partial charge on any atom is -0.396 e. The number of sulfonamides is 1. The van der Waals surface area contributed by atoms with E-state index in [-0.39, 0.29) is 23.5 Å². The summed E-state index contributed by atoms with van der Waals surface area (Å²) in [5.74, 6) is -0.385. The van der Waals surface area contributed by atoms with Gasteiger partial charge in [0.2, 0.25) is 10.0 Å². The van der Waals surface area contributed by atoms with E-state index in [1.807, 2.05) is 0 Å².